The van der Waals surface area contributed by atoms with Crippen molar-refractivity contribution in [1.29, 1.82) is 0 Å². The number of hydrogen-bond acceptors (Lipinski definition) is 12. The van der Waals surface area contributed by atoms with Crippen LogP contribution in [-0.4, -0.2) is 144 Å². The summed E-state index contributed by atoms with van der Waals surface area (Å²) >= 11 is 0. The number of carbonyl (C=O) groups excluding carboxylic acids is 8. The van der Waals surface area contributed by atoms with Gasteiger partial charge in [-0.05, 0) is 64.2 Å². The molecule has 6 amide bonds. The van der Waals surface area contributed by atoms with Crippen molar-refractivity contribution in [2.24, 2.45) is 11.5 Å². The van der Waals surface area contributed by atoms with Gasteiger partial charge < -0.3 is 68.3 Å². The quantitative estimate of drug-likeness (QED) is 0.0159. The first kappa shape index (κ1) is 85.1. The van der Waals surface area contributed by atoms with Gasteiger partial charge in [-0.25, -0.2) is 15.9 Å². The number of nitrogens with zero attached hydrogens (tertiary/aromatic N) is 1. The molecule has 0 saturated heterocycles. The molecule has 0 saturated carbocycles. The van der Waals surface area contributed by atoms with Crippen LogP contribution in [0.15, 0.2) is 0 Å². The van der Waals surface area contributed by atoms with Crippen molar-refractivity contribution in [1.82, 2.24) is 26.2 Å². The number of primary amides is 1. The third-order valence-electron chi connectivity index (χ3n) is 13.4. The molecule has 0 aliphatic heterocycles. The molecule has 3 unspecified atom stereocenters. The van der Waals surface area contributed by atoms with Gasteiger partial charge in [-0.15, -0.1) is 0 Å². The molecule has 24 heteroatoms. The molecule has 3 radical (unpaired) electrons. The fourth-order valence-electron chi connectivity index (χ4n) is 8.18. The van der Waals surface area contributed by atoms with E-state index in [-0.39, 0.29) is 107 Å². The predicted octanol–water partition coefficient (Wildman–Crippen LogP) is 7.77. The van der Waals surface area contributed by atoms with E-state index in [0.29, 0.717) is 64.5 Å². The maximum Gasteiger partial charge on any atom is 0.326 e. The second-order valence-electron chi connectivity index (χ2n) is 21.8. The van der Waals surface area contributed by atoms with Crippen LogP contribution in [0.5, 0.6) is 0 Å². The van der Waals surface area contributed by atoms with E-state index in [9.17, 15) is 57.8 Å². The molecule has 0 aromatic rings. The average molecular weight is 1250 g/mol. The number of aliphatic carboxylic acids is 3. The van der Waals surface area contributed by atoms with Crippen LogP contribution in [0.25, 0.3) is 5.73 Å². The summed E-state index contributed by atoms with van der Waals surface area (Å²) in [6.07, 6.45) is 32.4. The molecule has 0 bridgehead atoms. The Kier molecular flexibility index (Phi) is 59.5. The zero-order valence-electron chi connectivity index (χ0n) is 51.1. The van der Waals surface area contributed by atoms with Gasteiger partial charge in [0, 0.05) is 91.4 Å². The van der Waals surface area contributed by atoms with Crippen molar-refractivity contribution < 1.29 is 101 Å². The Balaban J connectivity index is -0.000000781. The largest absolute Gasteiger partial charge is 0.667 e. The van der Waals surface area contributed by atoms with Crippen LogP contribution in [0, 0.1) is 0 Å². The number of likely N-dealkylation sites (N-methyl/N-ethyl adjacent to an activating group) is 1. The van der Waals surface area contributed by atoms with Crippen LogP contribution in [0.3, 0.4) is 0 Å². The van der Waals surface area contributed by atoms with Gasteiger partial charge in [0.05, 0.1) is 11.7 Å². The second-order valence-corrected chi connectivity index (χ2v) is 21.8. The first-order chi connectivity index (χ1) is 38.9. The topological polar surface area (TPSA) is 376 Å². The van der Waals surface area contributed by atoms with Crippen LogP contribution >= 0.6 is 0 Å². The maximum absolute atomic E-state index is 12.3. The summed E-state index contributed by atoms with van der Waals surface area (Å²) in [6.45, 7) is 5.92. The van der Waals surface area contributed by atoms with Gasteiger partial charge in [-0.1, -0.05) is 168 Å². The molecule has 0 aromatic heterocycles. The van der Waals surface area contributed by atoms with Gasteiger partial charge >= 0.3 is 17.9 Å². The molecule has 0 fully saturated rings. The molecule has 0 spiro atoms. The molecule has 3 atom stereocenters. The fraction of sp³-hybridized carbons (Fsp3) is 0.814. The molecule has 0 aromatic carbocycles. The number of hydrogen-bond donors (Lipinski definition) is 9. The number of carboxylic acid groups (broad SMARTS) is 3. The third-order valence-corrected chi connectivity index (χ3v) is 13.4. The summed E-state index contributed by atoms with van der Waals surface area (Å²) in [5, 5.41) is 37.7. The van der Waals surface area contributed by atoms with E-state index >= 15 is 0 Å². The summed E-state index contributed by atoms with van der Waals surface area (Å²) in [5.41, 5.74) is 16.1. The van der Waals surface area contributed by atoms with Crippen molar-refractivity contribution in [3.8, 4) is 0 Å². The minimum absolute atomic E-state index is 0. The van der Waals surface area contributed by atoms with Crippen molar-refractivity contribution in [2.45, 2.75) is 282 Å². The van der Waals surface area contributed by atoms with E-state index in [1.54, 1.807) is 6.29 Å². The molecule has 0 aliphatic rings. The summed E-state index contributed by atoms with van der Waals surface area (Å²) in [7, 11) is 6.24. The Bertz CT molecular complexity index is 1790. The number of carboxylic acids is 3. The molecular formula is C59H107BN8O14Y-2. The van der Waals surface area contributed by atoms with Gasteiger partial charge in [0.2, 0.25) is 35.4 Å². The van der Waals surface area contributed by atoms with E-state index in [1.807, 2.05) is 0 Å². The van der Waals surface area contributed by atoms with Gasteiger partial charge in [0.1, 0.15) is 12.1 Å². The Hall–Kier alpha value is -4.34. The molecular weight excluding hydrogens is 1140 g/mol. The third kappa shape index (κ3) is 60.6. The molecule has 83 heavy (non-hydrogen) atoms. The molecule has 0 heterocycles. The average Bonchev–Trinajstić information content (AvgIpc) is 3.41. The van der Waals surface area contributed by atoms with E-state index in [1.165, 1.54) is 96.4 Å². The van der Waals surface area contributed by atoms with E-state index in [2.05, 4.69) is 28.2 Å². The monoisotopic (exact) mass is 1250 g/mol. The number of rotatable bonds is 52. The first-order valence-corrected chi connectivity index (χ1v) is 30.4. The van der Waals surface area contributed by atoms with Crippen molar-refractivity contribution in [3.63, 3.8) is 0 Å². The molecule has 12 N–H and O–H groups in total. The van der Waals surface area contributed by atoms with Crippen LogP contribution in [0.2, 0.25) is 0 Å². The minimum atomic E-state index is -1.17. The van der Waals surface area contributed by atoms with Crippen molar-refractivity contribution >= 4 is 73.2 Å². The van der Waals surface area contributed by atoms with E-state index in [4.69, 9.17) is 35.3 Å². The Labute approximate surface area is 523 Å². The summed E-state index contributed by atoms with van der Waals surface area (Å²) in [5.74, 6) is -4.84. The number of unbranched alkanes of at least 4 members (excludes halogenated alkanes) is 24. The summed E-state index contributed by atoms with van der Waals surface area (Å²) in [4.78, 5) is 126. The predicted molar refractivity (Wildman–Crippen MR) is 319 cm³/mol. The molecule has 0 aliphatic carbocycles. The number of nitrogens with two attached hydrogens (primary N) is 2. The minimum Gasteiger partial charge on any atom is -0.667 e. The standard InChI is InChI=1S/C36H64N5O9.C19H36N2O4.C4H7BNO.Y/c1-41(27-28-42)35(48)29(37)19-16-18-26-38-31(43)20-14-12-17-25-39-32(44)24-23-30(36(49)50)40-33(45)21-13-10-8-6-4-2-3-5-7-9-11-15-22-34(46)47;1-2-3-4-5-6-7-8-9-10-11-12-13-18(23)21-16(19(24)25)14-15-17(20)22;1-4(2,6)3(5)7;/h29-30H,2-27,37H2,1H3,(H,38,43)(H,39,44)(H,40,45)(H,46,47)(H,49,50);16H,2-15H2,1H3,(H2,20,22)(H,21,23)(H,24,25);6H,1-2H3;/q-1;;-1;. The Morgan fingerprint density at radius 2 is 0.843 bits per heavy atom. The number of nitrogens with one attached hydrogen (secondary N) is 5. The van der Waals surface area contributed by atoms with Crippen LogP contribution in [-0.2, 0) is 85.4 Å². The van der Waals surface area contributed by atoms with E-state index in [0.717, 1.165) is 77.0 Å². The molecule has 22 nitrogen and oxygen atoms in total. The van der Waals surface area contributed by atoms with Gasteiger partial charge in [-0.2, -0.15) is 0 Å². The van der Waals surface area contributed by atoms with Crippen LogP contribution in [0.1, 0.15) is 258 Å². The van der Waals surface area contributed by atoms with Crippen molar-refractivity contribution in [3.05, 3.63) is 5.73 Å². The number of amides is 6. The zero-order valence-corrected chi connectivity index (χ0v) is 53.9. The zero-order chi connectivity index (χ0) is 62.4. The van der Waals surface area contributed by atoms with Gasteiger partial charge in [0.25, 0.3) is 0 Å². The summed E-state index contributed by atoms with van der Waals surface area (Å²) in [6, 6.07) is -2.83. The SMILES string of the molecule is CCCCCCCCCCCCCC(=O)NC(CCC(N)=O)C(=O)O.CN(C[C-]=O)C(=O)C(N)CCCCNC(=O)CCCCCNC(=O)CCC(NC(=O)CCCCCCCCCCCCCCC(=O)O)C(=O)O.[B]C(=O)C(C)(C)[NH-].[Y]. The Morgan fingerprint density at radius 3 is 1.19 bits per heavy atom. The Morgan fingerprint density at radius 1 is 0.518 bits per heavy atom. The summed E-state index contributed by atoms with van der Waals surface area (Å²) < 4.78 is 0. The normalized spacial score (nSPS) is 11.8. The van der Waals surface area contributed by atoms with Crippen LogP contribution < -0.4 is 32.7 Å². The smallest absolute Gasteiger partial charge is 0.326 e. The van der Waals surface area contributed by atoms with Crippen LogP contribution in [0.4, 0.5) is 0 Å². The van der Waals surface area contributed by atoms with Gasteiger partial charge in [0.15, 0.2) is 7.85 Å². The van der Waals surface area contributed by atoms with Crippen molar-refractivity contribution in [2.75, 3.05) is 26.7 Å². The van der Waals surface area contributed by atoms with E-state index < -0.39 is 53.2 Å². The maximum atomic E-state index is 12.3. The second kappa shape index (κ2) is 58.1. The first-order valence-electron chi connectivity index (χ1n) is 30.4. The van der Waals surface area contributed by atoms with Gasteiger partial charge in [-0.3, -0.25) is 33.6 Å². The molecule has 475 valence electrons. The molecule has 0 rings (SSSR count). The number of carbonyl (C=O) groups is 10. The fourth-order valence-corrected chi connectivity index (χ4v) is 8.18.